The van der Waals surface area contributed by atoms with E-state index in [1.54, 1.807) is 0 Å². The number of alkyl carbamates (subject to hydrolysis) is 1. The van der Waals surface area contributed by atoms with Crippen molar-refractivity contribution in [3.63, 3.8) is 0 Å². The number of nitrogens with one attached hydrogen (secondary N) is 1. The van der Waals surface area contributed by atoms with E-state index in [1.807, 2.05) is 0 Å². The number of carbonyl (C=O) groups is 4. The van der Waals surface area contributed by atoms with Gasteiger partial charge in [-0.2, -0.15) is 0 Å². The summed E-state index contributed by atoms with van der Waals surface area (Å²) in [6.07, 6.45) is -1.49. The van der Waals surface area contributed by atoms with Gasteiger partial charge in [-0.25, -0.2) is 14.4 Å². The summed E-state index contributed by atoms with van der Waals surface area (Å²) in [5, 5.41) is 2.34. The number of hydrogen-bond donors (Lipinski definition) is 1. The number of amides is 1. The molecule has 1 aliphatic rings. The molecule has 0 radical (unpaired) electrons. The minimum atomic E-state index is -0.876. The Kier molecular flexibility index (Phi) is 7.58. The van der Waals surface area contributed by atoms with Gasteiger partial charge in [-0.05, 0) is 6.92 Å². The lowest BCUT2D eigenvalue weighted by molar-refractivity contribution is -0.160. The summed E-state index contributed by atoms with van der Waals surface area (Å²) in [7, 11) is 0. The number of hydrogen-bond acceptors (Lipinski definition) is 8. The van der Waals surface area contributed by atoms with Gasteiger partial charge in [-0.15, -0.1) is 0 Å². The van der Waals surface area contributed by atoms with Gasteiger partial charge in [-0.1, -0.05) is 6.58 Å². The van der Waals surface area contributed by atoms with Gasteiger partial charge in [0.15, 0.2) is 0 Å². The van der Waals surface area contributed by atoms with Crippen molar-refractivity contribution in [3.05, 3.63) is 12.2 Å². The van der Waals surface area contributed by atoms with Crippen LogP contribution in [0.15, 0.2) is 12.2 Å². The van der Waals surface area contributed by atoms with Crippen LogP contribution in [0, 0.1) is 0 Å². The zero-order chi connectivity index (χ0) is 17.2. The molecule has 1 unspecified atom stereocenters. The Morgan fingerprint density at radius 1 is 1.30 bits per heavy atom. The minimum Gasteiger partial charge on any atom is -0.463 e. The first-order valence-electron chi connectivity index (χ1n) is 6.99. The molecular formula is C14H19NO8. The highest BCUT2D eigenvalue weighted by molar-refractivity contribution is 5.86. The van der Waals surface area contributed by atoms with Crippen molar-refractivity contribution in [1.29, 1.82) is 0 Å². The third-order valence-corrected chi connectivity index (χ3v) is 2.65. The highest BCUT2D eigenvalue weighted by Crippen LogP contribution is 2.10. The first kappa shape index (κ1) is 18.5. The van der Waals surface area contributed by atoms with Crippen LogP contribution in [0.1, 0.15) is 19.8 Å². The van der Waals surface area contributed by atoms with Crippen LogP contribution in [0.2, 0.25) is 0 Å². The molecule has 9 heteroatoms. The van der Waals surface area contributed by atoms with Gasteiger partial charge in [0, 0.05) is 12.0 Å². The molecular weight excluding hydrogens is 310 g/mol. The van der Waals surface area contributed by atoms with Crippen molar-refractivity contribution < 1.29 is 38.1 Å². The summed E-state index contributed by atoms with van der Waals surface area (Å²) in [4.78, 5) is 44.8. The molecule has 1 saturated heterocycles. The van der Waals surface area contributed by atoms with Crippen LogP contribution in [0.4, 0.5) is 4.79 Å². The predicted octanol–water partition coefficient (Wildman–Crippen LogP) is 0.0807. The summed E-state index contributed by atoms with van der Waals surface area (Å²) < 4.78 is 19.0. The zero-order valence-corrected chi connectivity index (χ0v) is 12.8. The average Bonchev–Trinajstić information content (AvgIpc) is 2.88. The lowest BCUT2D eigenvalue weighted by atomic mass is 10.3. The molecule has 0 saturated carbocycles. The van der Waals surface area contributed by atoms with Crippen LogP contribution in [0.3, 0.4) is 0 Å². The number of rotatable bonds is 8. The zero-order valence-electron chi connectivity index (χ0n) is 12.8. The molecule has 1 N–H and O–H groups in total. The van der Waals surface area contributed by atoms with Crippen molar-refractivity contribution in [3.8, 4) is 0 Å². The maximum atomic E-state index is 11.4. The third-order valence-electron chi connectivity index (χ3n) is 2.65. The van der Waals surface area contributed by atoms with Crippen molar-refractivity contribution >= 4 is 24.0 Å². The molecule has 128 valence electrons. The second-order valence-electron chi connectivity index (χ2n) is 4.66. The predicted molar refractivity (Wildman–Crippen MR) is 75.2 cm³/mol. The summed E-state index contributed by atoms with van der Waals surface area (Å²) in [6, 6.07) is 0. The van der Waals surface area contributed by atoms with E-state index < -0.39 is 30.1 Å². The van der Waals surface area contributed by atoms with E-state index in [0.717, 1.165) is 0 Å². The van der Waals surface area contributed by atoms with E-state index in [-0.39, 0.29) is 38.4 Å². The van der Waals surface area contributed by atoms with Crippen LogP contribution in [-0.2, 0) is 33.3 Å². The lowest BCUT2D eigenvalue weighted by Crippen LogP contribution is -2.30. The molecule has 1 rings (SSSR count). The molecule has 0 aromatic rings. The highest BCUT2D eigenvalue weighted by Gasteiger charge is 2.29. The molecule has 0 aromatic carbocycles. The van der Waals surface area contributed by atoms with Crippen LogP contribution in [0.5, 0.6) is 0 Å². The molecule has 0 spiro atoms. The molecule has 1 amide bonds. The van der Waals surface area contributed by atoms with E-state index in [0.29, 0.717) is 6.42 Å². The third kappa shape index (κ3) is 7.30. The van der Waals surface area contributed by atoms with Crippen LogP contribution < -0.4 is 5.32 Å². The van der Waals surface area contributed by atoms with Crippen molar-refractivity contribution in [2.75, 3.05) is 26.4 Å². The second-order valence-corrected chi connectivity index (χ2v) is 4.66. The molecule has 1 fully saturated rings. The van der Waals surface area contributed by atoms with E-state index in [9.17, 15) is 19.2 Å². The molecule has 1 heterocycles. The molecule has 0 aliphatic carbocycles. The van der Waals surface area contributed by atoms with Crippen molar-refractivity contribution in [2.24, 2.45) is 0 Å². The molecule has 1 atom stereocenters. The van der Waals surface area contributed by atoms with E-state index in [2.05, 4.69) is 16.6 Å². The van der Waals surface area contributed by atoms with E-state index in [1.165, 1.54) is 6.92 Å². The largest absolute Gasteiger partial charge is 0.463 e. The summed E-state index contributed by atoms with van der Waals surface area (Å²) in [5.41, 5.74) is 0.261. The highest BCUT2D eigenvalue weighted by atomic mass is 16.6. The van der Waals surface area contributed by atoms with Gasteiger partial charge < -0.3 is 24.3 Å². The van der Waals surface area contributed by atoms with Gasteiger partial charge >= 0.3 is 24.0 Å². The monoisotopic (exact) mass is 329 g/mol. The van der Waals surface area contributed by atoms with E-state index >= 15 is 0 Å². The smallest absolute Gasteiger partial charge is 0.407 e. The summed E-state index contributed by atoms with van der Waals surface area (Å²) >= 11 is 0. The Hall–Kier alpha value is -2.58. The Balaban J connectivity index is 2.05. The fraction of sp³-hybridized carbons (Fsp3) is 0.571. The number of esters is 3. The van der Waals surface area contributed by atoms with Crippen LogP contribution in [0.25, 0.3) is 0 Å². The van der Waals surface area contributed by atoms with Crippen LogP contribution >= 0.6 is 0 Å². The maximum Gasteiger partial charge on any atom is 0.407 e. The molecule has 1 aliphatic heterocycles. The fourth-order valence-corrected chi connectivity index (χ4v) is 1.50. The van der Waals surface area contributed by atoms with Gasteiger partial charge in [0.2, 0.25) is 6.10 Å². The quantitative estimate of drug-likeness (QED) is 0.288. The van der Waals surface area contributed by atoms with Gasteiger partial charge in [0.1, 0.15) is 13.2 Å². The standard InChI is InChI=1S/C14H19NO8/c1-9(2)12(17)21-8-5-15-14(19)22-7-4-11(16)23-10-3-6-20-13(10)18/h10H,1,3-8H2,2H3,(H,15,19). The normalized spacial score (nSPS) is 16.2. The molecule has 0 aromatic heterocycles. The summed E-state index contributed by atoms with van der Waals surface area (Å²) in [5.74, 6) is -1.77. The number of cyclic esters (lactones) is 1. The maximum absolute atomic E-state index is 11.4. The van der Waals surface area contributed by atoms with Crippen LogP contribution in [-0.4, -0.2) is 56.5 Å². The minimum absolute atomic E-state index is 0.0212. The number of carbonyl (C=O) groups excluding carboxylic acids is 4. The Labute approximate surface area is 132 Å². The average molecular weight is 329 g/mol. The Bertz CT molecular complexity index is 487. The first-order valence-corrected chi connectivity index (χ1v) is 6.99. The van der Waals surface area contributed by atoms with Gasteiger partial charge in [-0.3, -0.25) is 4.79 Å². The van der Waals surface area contributed by atoms with Crippen molar-refractivity contribution in [1.82, 2.24) is 5.32 Å². The molecule has 23 heavy (non-hydrogen) atoms. The SMILES string of the molecule is C=C(C)C(=O)OCCNC(=O)OCCC(=O)OC1CCOC1=O. The Morgan fingerprint density at radius 3 is 2.65 bits per heavy atom. The van der Waals surface area contributed by atoms with Gasteiger partial charge in [0.05, 0.1) is 19.6 Å². The summed E-state index contributed by atoms with van der Waals surface area (Å²) in [6.45, 7) is 4.99. The van der Waals surface area contributed by atoms with E-state index in [4.69, 9.17) is 14.2 Å². The number of ether oxygens (including phenoxy) is 4. The van der Waals surface area contributed by atoms with Crippen molar-refractivity contribution in [2.45, 2.75) is 25.9 Å². The lowest BCUT2D eigenvalue weighted by Gasteiger charge is -2.09. The topological polar surface area (TPSA) is 117 Å². The van der Waals surface area contributed by atoms with Gasteiger partial charge in [0.25, 0.3) is 0 Å². The molecule has 0 bridgehead atoms. The second kappa shape index (κ2) is 9.44. The molecule has 9 nitrogen and oxygen atoms in total. The first-order chi connectivity index (χ1) is 10.9. The fourth-order valence-electron chi connectivity index (χ4n) is 1.50. The Morgan fingerprint density at radius 2 is 2.04 bits per heavy atom.